The zero-order valence-corrected chi connectivity index (χ0v) is 30.4. The molecule has 266 valence electrons. The van der Waals surface area contributed by atoms with E-state index >= 15 is 0 Å². The highest BCUT2D eigenvalue weighted by Gasteiger charge is 2.11. The summed E-state index contributed by atoms with van der Waals surface area (Å²) >= 11 is 0. The van der Waals surface area contributed by atoms with Crippen molar-refractivity contribution in [2.24, 2.45) is 0 Å². The molecule has 0 aliphatic carbocycles. The number of carboxylic acids is 1. The fraction of sp³-hybridized carbons (Fsp3) is 0.902. The fourth-order valence-corrected chi connectivity index (χ4v) is 6.20. The Morgan fingerprint density at radius 3 is 1.24 bits per heavy atom. The van der Waals surface area contributed by atoms with Gasteiger partial charge in [0.2, 0.25) is 0 Å². The normalized spacial score (nSPS) is 12.2. The van der Waals surface area contributed by atoms with Crippen molar-refractivity contribution in [1.82, 2.24) is 0 Å². The highest BCUT2D eigenvalue weighted by Crippen LogP contribution is 2.17. The lowest BCUT2D eigenvalue weighted by Gasteiger charge is -2.15. The van der Waals surface area contributed by atoms with Crippen molar-refractivity contribution in [2.45, 2.75) is 238 Å². The zero-order chi connectivity index (χ0) is 32.9. The number of hydrogen-bond acceptors (Lipinski definition) is 3. The van der Waals surface area contributed by atoms with Gasteiger partial charge in [-0.3, -0.25) is 9.59 Å². The second kappa shape index (κ2) is 37.1. The number of carbonyl (C=O) groups excluding carboxylic acids is 1. The molecule has 0 aromatic heterocycles. The summed E-state index contributed by atoms with van der Waals surface area (Å²) in [7, 11) is 0. The van der Waals surface area contributed by atoms with Gasteiger partial charge in [-0.05, 0) is 38.2 Å². The molecule has 0 rings (SSSR count). The summed E-state index contributed by atoms with van der Waals surface area (Å²) in [5.74, 6) is -0.786. The van der Waals surface area contributed by atoms with E-state index in [9.17, 15) is 9.59 Å². The number of carbonyl (C=O) groups is 2. The number of carboxylic acid groups (broad SMARTS) is 1. The van der Waals surface area contributed by atoms with Crippen molar-refractivity contribution in [3.8, 4) is 0 Å². The molecule has 0 amide bonds. The SMILES string of the molecule is CCCC/C=C\C(CCCCCCC(=O)O)OC(=O)CCCCCCCCCCCCCCCCCCCCCCCCCC. The molecular formula is C41H78O4. The minimum Gasteiger partial charge on any atom is -0.481 e. The third kappa shape index (κ3) is 37.0. The maximum absolute atomic E-state index is 12.5. The number of rotatable bonds is 37. The van der Waals surface area contributed by atoms with Crippen LogP contribution in [0.4, 0.5) is 0 Å². The van der Waals surface area contributed by atoms with Crippen LogP contribution < -0.4 is 0 Å². The summed E-state index contributed by atoms with van der Waals surface area (Å²) in [4.78, 5) is 23.1. The van der Waals surface area contributed by atoms with Crippen molar-refractivity contribution >= 4 is 11.9 Å². The van der Waals surface area contributed by atoms with E-state index in [1.165, 1.54) is 141 Å². The van der Waals surface area contributed by atoms with Crippen LogP contribution in [-0.2, 0) is 14.3 Å². The molecule has 0 heterocycles. The van der Waals surface area contributed by atoms with Gasteiger partial charge in [0.1, 0.15) is 6.10 Å². The standard InChI is InChI=1S/C41H78O4/c1-3-5-7-9-10-11-12-13-14-15-16-17-18-19-20-21-22-23-24-25-26-27-28-34-38-41(44)45-39(35-31-8-6-4-2)36-32-29-30-33-37-40(42)43/h31,35,39H,3-30,32-34,36-38H2,1-2H3,(H,42,43)/b35-31-. The van der Waals surface area contributed by atoms with Crippen LogP contribution in [0.15, 0.2) is 12.2 Å². The molecule has 1 atom stereocenters. The van der Waals surface area contributed by atoms with Gasteiger partial charge < -0.3 is 9.84 Å². The summed E-state index contributed by atoms with van der Waals surface area (Å²) in [5, 5.41) is 8.77. The first-order valence-electron chi connectivity index (χ1n) is 20.2. The van der Waals surface area contributed by atoms with Gasteiger partial charge in [-0.15, -0.1) is 0 Å². The van der Waals surface area contributed by atoms with E-state index in [1.54, 1.807) is 0 Å². The molecule has 4 nitrogen and oxygen atoms in total. The van der Waals surface area contributed by atoms with E-state index in [2.05, 4.69) is 26.0 Å². The Hall–Kier alpha value is -1.32. The molecular weight excluding hydrogens is 556 g/mol. The Morgan fingerprint density at radius 1 is 0.489 bits per heavy atom. The number of allylic oxidation sites excluding steroid dienone is 1. The number of unbranched alkanes of at least 4 members (excludes halogenated alkanes) is 28. The second-order valence-corrected chi connectivity index (χ2v) is 13.8. The van der Waals surface area contributed by atoms with Crippen LogP contribution in [-0.4, -0.2) is 23.1 Å². The molecule has 0 radical (unpaired) electrons. The predicted octanol–water partition coefficient (Wildman–Crippen LogP) is 13.8. The van der Waals surface area contributed by atoms with Gasteiger partial charge in [-0.2, -0.15) is 0 Å². The van der Waals surface area contributed by atoms with Gasteiger partial charge in [0.25, 0.3) is 0 Å². The average molecular weight is 635 g/mol. The number of esters is 1. The van der Waals surface area contributed by atoms with Gasteiger partial charge in [0.15, 0.2) is 0 Å². The zero-order valence-electron chi connectivity index (χ0n) is 30.4. The van der Waals surface area contributed by atoms with E-state index in [1.807, 2.05) is 0 Å². The van der Waals surface area contributed by atoms with Crippen LogP contribution in [0.1, 0.15) is 232 Å². The van der Waals surface area contributed by atoms with Gasteiger partial charge >= 0.3 is 11.9 Å². The van der Waals surface area contributed by atoms with Crippen LogP contribution in [0, 0.1) is 0 Å². The predicted molar refractivity (Wildman–Crippen MR) is 195 cm³/mol. The molecule has 0 saturated carbocycles. The lowest BCUT2D eigenvalue weighted by atomic mass is 10.0. The molecule has 0 bridgehead atoms. The second-order valence-electron chi connectivity index (χ2n) is 13.8. The van der Waals surface area contributed by atoms with E-state index in [-0.39, 0.29) is 18.5 Å². The summed E-state index contributed by atoms with van der Waals surface area (Å²) < 4.78 is 5.81. The molecule has 0 aromatic rings. The first-order valence-corrected chi connectivity index (χ1v) is 20.2. The fourth-order valence-electron chi connectivity index (χ4n) is 6.20. The lowest BCUT2D eigenvalue weighted by Crippen LogP contribution is -2.16. The first kappa shape index (κ1) is 43.7. The highest BCUT2D eigenvalue weighted by atomic mass is 16.5. The molecule has 0 aromatic carbocycles. The van der Waals surface area contributed by atoms with Crippen molar-refractivity contribution < 1.29 is 19.4 Å². The maximum Gasteiger partial charge on any atom is 0.306 e. The number of aliphatic carboxylic acids is 1. The first-order chi connectivity index (χ1) is 22.1. The topological polar surface area (TPSA) is 63.6 Å². The van der Waals surface area contributed by atoms with Gasteiger partial charge in [0.05, 0.1) is 0 Å². The Bertz CT molecular complexity index is 643. The molecule has 0 aliphatic heterocycles. The molecule has 0 spiro atoms. The molecule has 1 unspecified atom stereocenters. The van der Waals surface area contributed by atoms with E-state index in [0.29, 0.717) is 6.42 Å². The van der Waals surface area contributed by atoms with Crippen LogP contribution in [0.5, 0.6) is 0 Å². The molecule has 1 N–H and O–H groups in total. The van der Waals surface area contributed by atoms with Crippen molar-refractivity contribution in [3.05, 3.63) is 12.2 Å². The van der Waals surface area contributed by atoms with Crippen molar-refractivity contribution in [3.63, 3.8) is 0 Å². The maximum atomic E-state index is 12.5. The van der Waals surface area contributed by atoms with Gasteiger partial charge in [-0.1, -0.05) is 193 Å². The quantitative estimate of drug-likeness (QED) is 0.0419. The van der Waals surface area contributed by atoms with E-state index < -0.39 is 5.97 Å². The summed E-state index contributed by atoms with van der Waals surface area (Å²) in [5.41, 5.74) is 0. The van der Waals surface area contributed by atoms with Gasteiger partial charge in [0, 0.05) is 12.8 Å². The summed E-state index contributed by atoms with van der Waals surface area (Å²) in [6.07, 6.45) is 45.8. The monoisotopic (exact) mass is 635 g/mol. The van der Waals surface area contributed by atoms with E-state index in [0.717, 1.165) is 64.2 Å². The average Bonchev–Trinajstić information content (AvgIpc) is 3.02. The lowest BCUT2D eigenvalue weighted by molar-refractivity contribution is -0.147. The third-order valence-electron chi connectivity index (χ3n) is 9.22. The highest BCUT2D eigenvalue weighted by molar-refractivity contribution is 5.69. The Kier molecular flexibility index (Phi) is 36.1. The minimum atomic E-state index is -0.721. The van der Waals surface area contributed by atoms with Crippen LogP contribution in [0.25, 0.3) is 0 Å². The molecule has 4 heteroatoms. The van der Waals surface area contributed by atoms with Gasteiger partial charge in [-0.25, -0.2) is 0 Å². The Balaban J connectivity index is 3.55. The molecule has 0 saturated heterocycles. The third-order valence-corrected chi connectivity index (χ3v) is 9.22. The smallest absolute Gasteiger partial charge is 0.306 e. The number of ether oxygens (including phenoxy) is 1. The van der Waals surface area contributed by atoms with Crippen LogP contribution in [0.3, 0.4) is 0 Å². The Labute approximate surface area is 281 Å². The van der Waals surface area contributed by atoms with E-state index in [4.69, 9.17) is 9.84 Å². The van der Waals surface area contributed by atoms with Crippen LogP contribution in [0.2, 0.25) is 0 Å². The van der Waals surface area contributed by atoms with Crippen molar-refractivity contribution in [2.75, 3.05) is 0 Å². The summed E-state index contributed by atoms with van der Waals surface area (Å²) in [6, 6.07) is 0. The molecule has 45 heavy (non-hydrogen) atoms. The Morgan fingerprint density at radius 2 is 0.844 bits per heavy atom. The molecule has 0 fully saturated rings. The molecule has 0 aliphatic rings. The van der Waals surface area contributed by atoms with Crippen LogP contribution >= 0.6 is 0 Å². The number of hydrogen-bond donors (Lipinski definition) is 1. The minimum absolute atomic E-state index is 0.0650. The van der Waals surface area contributed by atoms with Crippen molar-refractivity contribution in [1.29, 1.82) is 0 Å². The summed E-state index contributed by atoms with van der Waals surface area (Å²) in [6.45, 7) is 4.48. The largest absolute Gasteiger partial charge is 0.481 e.